The molecule has 3 aromatic rings. The van der Waals surface area contributed by atoms with E-state index in [0.717, 1.165) is 41.0 Å². The molecular formula is C29H38BrF2N7O4S. The van der Waals surface area contributed by atoms with Gasteiger partial charge < -0.3 is 30.3 Å². The number of nitrogens with one attached hydrogen (secondary N) is 1. The van der Waals surface area contributed by atoms with Gasteiger partial charge in [-0.15, -0.1) is 11.3 Å². The molecule has 0 radical (unpaired) electrons. The molecule has 2 aliphatic rings. The molecule has 0 aromatic carbocycles. The third-order valence-corrected chi connectivity index (χ3v) is 9.48. The minimum atomic E-state index is -2.74. The number of amides is 2. The van der Waals surface area contributed by atoms with Crippen LogP contribution in [0.25, 0.3) is 5.52 Å². The molecule has 2 aliphatic heterocycles. The Morgan fingerprint density at radius 1 is 1.23 bits per heavy atom. The lowest BCUT2D eigenvalue weighted by Gasteiger charge is -2.45. The van der Waals surface area contributed by atoms with Gasteiger partial charge in [0, 0.05) is 50.1 Å². The van der Waals surface area contributed by atoms with Crippen LogP contribution < -0.4 is 20.7 Å². The lowest BCUT2D eigenvalue weighted by molar-refractivity contribution is -0.0262. The fraction of sp³-hybridized carbons (Fsp3) is 0.586. The van der Waals surface area contributed by atoms with E-state index in [2.05, 4.69) is 36.2 Å². The summed E-state index contributed by atoms with van der Waals surface area (Å²) in [5.74, 6) is 0.0149. The zero-order valence-electron chi connectivity index (χ0n) is 25.4. The van der Waals surface area contributed by atoms with Gasteiger partial charge in [-0.3, -0.25) is 4.79 Å². The maximum absolute atomic E-state index is 13.8. The highest BCUT2D eigenvalue weighted by molar-refractivity contribution is 9.10. The topological polar surface area (TPSA) is 127 Å². The van der Waals surface area contributed by atoms with Crippen molar-refractivity contribution in [3.63, 3.8) is 0 Å². The summed E-state index contributed by atoms with van der Waals surface area (Å²) < 4.78 is 41.8. The van der Waals surface area contributed by atoms with Gasteiger partial charge in [0.2, 0.25) is 0 Å². The number of nitrogens with two attached hydrogens (primary N) is 1. The zero-order valence-corrected chi connectivity index (χ0v) is 27.8. The third-order valence-electron chi connectivity index (χ3n) is 7.79. The number of hydrogen-bond donors (Lipinski definition) is 2. The summed E-state index contributed by atoms with van der Waals surface area (Å²) in [5.41, 5.74) is 6.44. The molecule has 0 unspecified atom stereocenters. The number of carbonyl (C=O) groups is 2. The van der Waals surface area contributed by atoms with Crippen LogP contribution in [-0.2, 0) is 4.74 Å². The Labute approximate surface area is 267 Å². The predicted octanol–water partition coefficient (Wildman–Crippen LogP) is 6.03. The van der Waals surface area contributed by atoms with E-state index in [-0.39, 0.29) is 27.6 Å². The Morgan fingerprint density at radius 2 is 1.98 bits per heavy atom. The normalized spacial score (nSPS) is 20.7. The standard InChI is InChI=1S/C29H38BrF2N7O4S/c1-28(2,3)43-27(41)38-10-8-17(13-29(38,4)5)42-19-12-20(24(31)32)44-23(19)26(40)36-16-7-6-9-37(14-16)18-11-21(30)39-22(18)25(33)34-15-35-39/h11-12,15-17,24H,6-10,13-14H2,1-5H3,(H,36,40)(H2,33,34,35)/t16-,17-/m1/s1. The quantitative estimate of drug-likeness (QED) is 0.320. The summed E-state index contributed by atoms with van der Waals surface area (Å²) in [6.45, 7) is 10.9. The maximum Gasteiger partial charge on any atom is 0.410 e. The molecule has 5 heterocycles. The number of ether oxygens (including phenoxy) is 2. The predicted molar refractivity (Wildman–Crippen MR) is 168 cm³/mol. The first-order chi connectivity index (χ1) is 20.6. The number of thiophene rings is 1. The Hall–Kier alpha value is -3.20. The van der Waals surface area contributed by atoms with Crippen LogP contribution in [0.5, 0.6) is 5.75 Å². The fourth-order valence-electron chi connectivity index (χ4n) is 5.84. The number of hydrogen-bond acceptors (Lipinski definition) is 9. The highest BCUT2D eigenvalue weighted by atomic mass is 79.9. The van der Waals surface area contributed by atoms with Crippen LogP contribution >= 0.6 is 27.3 Å². The molecule has 240 valence electrons. The molecule has 0 aliphatic carbocycles. The first-order valence-corrected chi connectivity index (χ1v) is 16.2. The molecular weight excluding hydrogens is 660 g/mol. The van der Waals surface area contributed by atoms with Crippen LogP contribution in [0.3, 0.4) is 0 Å². The second-order valence-corrected chi connectivity index (χ2v) is 14.7. The van der Waals surface area contributed by atoms with E-state index in [1.807, 2.05) is 40.7 Å². The van der Waals surface area contributed by atoms with E-state index in [4.69, 9.17) is 15.2 Å². The minimum absolute atomic E-state index is 0.111. The van der Waals surface area contributed by atoms with Crippen molar-refractivity contribution in [1.82, 2.24) is 24.8 Å². The number of fused-ring (bicyclic) bond motifs is 1. The van der Waals surface area contributed by atoms with Crippen LogP contribution in [0.15, 0.2) is 23.1 Å². The van der Waals surface area contributed by atoms with Crippen LogP contribution in [0.2, 0.25) is 0 Å². The Kier molecular flexibility index (Phi) is 9.00. The average Bonchev–Trinajstić information content (AvgIpc) is 3.49. The molecule has 15 heteroatoms. The van der Waals surface area contributed by atoms with Crippen molar-refractivity contribution in [1.29, 1.82) is 0 Å². The molecule has 3 aromatic heterocycles. The number of anilines is 2. The summed E-state index contributed by atoms with van der Waals surface area (Å²) in [7, 11) is 0. The number of nitrogen functional groups attached to an aromatic ring is 1. The van der Waals surface area contributed by atoms with Gasteiger partial charge in [0.1, 0.15) is 38.8 Å². The average molecular weight is 699 g/mol. The number of halogens is 3. The van der Waals surface area contributed by atoms with E-state index in [0.29, 0.717) is 37.3 Å². The second-order valence-electron chi connectivity index (χ2n) is 12.8. The minimum Gasteiger partial charge on any atom is -0.489 e. The number of carbonyl (C=O) groups excluding carboxylic acids is 2. The molecule has 2 amide bonds. The molecule has 0 spiro atoms. The number of piperidine rings is 2. The van der Waals surface area contributed by atoms with Crippen LogP contribution in [0.4, 0.5) is 25.1 Å². The van der Waals surface area contributed by atoms with E-state index in [9.17, 15) is 18.4 Å². The largest absolute Gasteiger partial charge is 0.489 e. The van der Waals surface area contributed by atoms with Crippen molar-refractivity contribution in [3.8, 4) is 5.75 Å². The SMILES string of the molecule is CC(C)(C)OC(=O)N1CC[C@@H](Oc2cc(C(F)F)sc2C(=O)N[C@@H]2CCCN(c3cc(Br)n4ncnc(N)c34)C2)CC1(C)C. The smallest absolute Gasteiger partial charge is 0.410 e. The number of alkyl halides is 2. The van der Waals surface area contributed by atoms with Gasteiger partial charge in [-0.05, 0) is 69.5 Å². The van der Waals surface area contributed by atoms with Crippen molar-refractivity contribution in [2.75, 3.05) is 30.3 Å². The van der Waals surface area contributed by atoms with Gasteiger partial charge in [0.25, 0.3) is 12.3 Å². The summed E-state index contributed by atoms with van der Waals surface area (Å²) in [6, 6.07) is 2.94. The summed E-state index contributed by atoms with van der Waals surface area (Å²) in [6.07, 6.45) is 0.290. The molecule has 11 nitrogen and oxygen atoms in total. The van der Waals surface area contributed by atoms with Gasteiger partial charge >= 0.3 is 6.09 Å². The first kappa shape index (κ1) is 32.2. The van der Waals surface area contributed by atoms with Crippen LogP contribution in [-0.4, -0.2) is 74.4 Å². The van der Waals surface area contributed by atoms with Crippen molar-refractivity contribution >= 4 is 56.3 Å². The monoisotopic (exact) mass is 697 g/mol. The Balaban J connectivity index is 1.29. The fourth-order valence-corrected chi connectivity index (χ4v) is 7.18. The molecule has 0 saturated carbocycles. The highest BCUT2D eigenvalue weighted by Crippen LogP contribution is 2.39. The van der Waals surface area contributed by atoms with Crippen molar-refractivity contribution < 1.29 is 27.8 Å². The summed E-state index contributed by atoms with van der Waals surface area (Å²) >= 11 is 4.26. The lowest BCUT2D eigenvalue weighted by atomic mass is 9.89. The number of rotatable bonds is 6. The van der Waals surface area contributed by atoms with E-state index in [1.54, 1.807) is 9.42 Å². The lowest BCUT2D eigenvalue weighted by Crippen LogP contribution is -2.56. The van der Waals surface area contributed by atoms with E-state index >= 15 is 0 Å². The molecule has 5 rings (SSSR count). The summed E-state index contributed by atoms with van der Waals surface area (Å²) in [4.78, 5) is 34.2. The molecule has 2 fully saturated rings. The zero-order chi connectivity index (χ0) is 32.0. The molecule has 44 heavy (non-hydrogen) atoms. The Bertz CT molecular complexity index is 1540. The van der Waals surface area contributed by atoms with Gasteiger partial charge in [0.05, 0.1) is 10.6 Å². The van der Waals surface area contributed by atoms with Crippen LogP contribution in [0, 0.1) is 0 Å². The molecule has 2 saturated heterocycles. The van der Waals surface area contributed by atoms with E-state index in [1.165, 1.54) is 12.4 Å². The van der Waals surface area contributed by atoms with Gasteiger partial charge in [0.15, 0.2) is 5.82 Å². The molecule has 0 bridgehead atoms. The van der Waals surface area contributed by atoms with Gasteiger partial charge in [-0.2, -0.15) is 5.10 Å². The third kappa shape index (κ3) is 6.87. The summed E-state index contributed by atoms with van der Waals surface area (Å²) in [5, 5.41) is 7.31. The number of nitrogens with zero attached hydrogens (tertiary/aromatic N) is 5. The molecule has 2 atom stereocenters. The van der Waals surface area contributed by atoms with Gasteiger partial charge in [-0.1, -0.05) is 0 Å². The Morgan fingerprint density at radius 3 is 2.66 bits per heavy atom. The van der Waals surface area contributed by atoms with Crippen molar-refractivity contribution in [3.05, 3.63) is 32.8 Å². The molecule has 3 N–H and O–H groups in total. The van der Waals surface area contributed by atoms with Crippen molar-refractivity contribution in [2.24, 2.45) is 0 Å². The first-order valence-electron chi connectivity index (χ1n) is 14.6. The van der Waals surface area contributed by atoms with Gasteiger partial charge in [-0.25, -0.2) is 23.1 Å². The highest BCUT2D eigenvalue weighted by Gasteiger charge is 2.41. The van der Waals surface area contributed by atoms with E-state index < -0.39 is 29.6 Å². The number of aromatic nitrogens is 3. The van der Waals surface area contributed by atoms with Crippen molar-refractivity contribution in [2.45, 2.75) is 90.0 Å². The maximum atomic E-state index is 13.8. The second kappa shape index (κ2) is 12.3. The van der Waals surface area contributed by atoms with Crippen LogP contribution in [0.1, 0.15) is 81.3 Å². The number of likely N-dealkylation sites (tertiary alicyclic amines) is 1.